The van der Waals surface area contributed by atoms with Crippen LogP contribution in [0.25, 0.3) is 0 Å². The molecule has 0 aromatic rings. The average molecular weight is 229 g/mol. The molecule has 1 heterocycles. The fourth-order valence-electron chi connectivity index (χ4n) is 0.264. The first-order valence-corrected chi connectivity index (χ1v) is 3.57. The lowest BCUT2D eigenvalue weighted by atomic mass is 10.7. The van der Waals surface area contributed by atoms with Gasteiger partial charge in [0.2, 0.25) is 0 Å². The first kappa shape index (κ1) is 5.50. The van der Waals surface area contributed by atoms with E-state index < -0.39 is 0 Å². The van der Waals surface area contributed by atoms with Gasteiger partial charge in [-0.3, -0.25) is 5.43 Å². The number of hydrogen-bond donors (Lipinski definition) is 1. The summed E-state index contributed by atoms with van der Waals surface area (Å²) in [6.07, 6.45) is 0. The topological polar surface area (TPSA) is 36.8 Å². The van der Waals surface area contributed by atoms with E-state index in [-0.39, 0.29) is 9.90 Å². The third kappa shape index (κ3) is 1.13. The number of nitrogens with zero attached hydrogens (tertiary/aromatic N) is 2. The van der Waals surface area contributed by atoms with Crippen molar-refractivity contribution in [3.8, 4) is 0 Å². The number of nitrogens with one attached hydrogen (secondary N) is 1. The molecule has 7 heavy (non-hydrogen) atoms. The maximum atomic E-state index is 3.70. The van der Waals surface area contributed by atoms with Crippen molar-refractivity contribution >= 4 is 31.9 Å². The van der Waals surface area contributed by atoms with Gasteiger partial charge in [0.05, 0.1) is 0 Å². The summed E-state index contributed by atoms with van der Waals surface area (Å²) in [4.78, 5) is 0.250. The molecule has 0 aromatic carbocycles. The minimum Gasteiger partial charge on any atom is -0.275 e. The van der Waals surface area contributed by atoms with E-state index in [9.17, 15) is 0 Å². The van der Waals surface area contributed by atoms with Crippen LogP contribution < -0.4 is 5.43 Å². The maximum absolute atomic E-state index is 3.70. The molecule has 0 aliphatic carbocycles. The van der Waals surface area contributed by atoms with Crippen LogP contribution in [-0.2, 0) is 0 Å². The molecule has 0 amide bonds. The Hall–Kier alpha value is 0.360. The van der Waals surface area contributed by atoms with Crippen molar-refractivity contribution in [1.82, 2.24) is 5.43 Å². The van der Waals surface area contributed by atoms with Gasteiger partial charge in [0.25, 0.3) is 0 Å². The van der Waals surface area contributed by atoms with Crippen molar-refractivity contribution in [3.05, 3.63) is 0 Å². The average Bonchev–Trinajstić information content (AvgIpc) is 1.91. The predicted molar refractivity (Wildman–Crippen MR) is 33.4 cm³/mol. The zero-order valence-corrected chi connectivity index (χ0v) is 6.48. The van der Waals surface area contributed by atoms with Crippen LogP contribution in [0.3, 0.4) is 0 Å². The highest BCUT2D eigenvalue weighted by molar-refractivity contribution is 9.12. The highest BCUT2D eigenvalue weighted by atomic mass is 79.9. The summed E-state index contributed by atoms with van der Waals surface area (Å²) >= 11 is 6.49. The monoisotopic (exact) mass is 227 g/mol. The maximum Gasteiger partial charge on any atom is 0.159 e. The molecule has 0 saturated heterocycles. The Morgan fingerprint density at radius 1 is 1.43 bits per heavy atom. The van der Waals surface area contributed by atoms with Crippen LogP contribution in [0, 0.1) is 0 Å². The quantitative estimate of drug-likeness (QED) is 0.494. The highest BCUT2D eigenvalue weighted by Crippen LogP contribution is 2.17. The molecule has 5 heteroatoms. The molecular weight excluding hydrogens is 226 g/mol. The molecule has 2 unspecified atom stereocenters. The Labute approximate surface area is 57.8 Å². The van der Waals surface area contributed by atoms with E-state index in [0.717, 1.165) is 0 Å². The van der Waals surface area contributed by atoms with E-state index >= 15 is 0 Å². The summed E-state index contributed by atoms with van der Waals surface area (Å²) < 4.78 is 0. The molecule has 1 rings (SSSR count). The Balaban J connectivity index is 2.45. The minimum atomic E-state index is 0.0903. The fraction of sp³-hybridized carbons (Fsp3) is 1.00. The number of alkyl halides is 2. The summed E-state index contributed by atoms with van der Waals surface area (Å²) in [7, 11) is 0. The zero-order chi connectivity index (χ0) is 5.28. The summed E-state index contributed by atoms with van der Waals surface area (Å²) in [6, 6.07) is 0. The van der Waals surface area contributed by atoms with Crippen molar-refractivity contribution in [2.24, 2.45) is 10.3 Å². The Morgan fingerprint density at radius 3 is 2.29 bits per heavy atom. The second-order valence-electron chi connectivity index (χ2n) is 1.12. The Kier molecular flexibility index (Phi) is 1.64. The molecule has 0 aromatic heterocycles. The molecule has 1 aliphatic heterocycles. The van der Waals surface area contributed by atoms with Gasteiger partial charge < -0.3 is 0 Å². The van der Waals surface area contributed by atoms with E-state index in [1.54, 1.807) is 0 Å². The van der Waals surface area contributed by atoms with Crippen LogP contribution in [0.4, 0.5) is 0 Å². The van der Waals surface area contributed by atoms with Crippen molar-refractivity contribution < 1.29 is 0 Å². The summed E-state index contributed by atoms with van der Waals surface area (Å²) in [5.74, 6) is 0. The van der Waals surface area contributed by atoms with Gasteiger partial charge in [-0.25, -0.2) is 0 Å². The normalized spacial score (nSPS) is 38.6. The highest BCUT2D eigenvalue weighted by Gasteiger charge is 2.17. The largest absolute Gasteiger partial charge is 0.275 e. The van der Waals surface area contributed by atoms with E-state index in [0.29, 0.717) is 0 Å². The summed E-state index contributed by atoms with van der Waals surface area (Å²) in [6.45, 7) is 0. The van der Waals surface area contributed by atoms with Crippen molar-refractivity contribution in [2.45, 2.75) is 9.90 Å². The first-order valence-electron chi connectivity index (χ1n) is 1.74. The second-order valence-corrected chi connectivity index (χ2v) is 3.04. The van der Waals surface area contributed by atoms with Gasteiger partial charge in [-0.2, -0.15) is 5.11 Å². The third-order valence-corrected chi connectivity index (χ3v) is 2.72. The predicted octanol–water partition coefficient (Wildman–Crippen LogP) is 1.40. The lowest BCUT2D eigenvalue weighted by Gasteiger charge is -1.97. The van der Waals surface area contributed by atoms with Crippen molar-refractivity contribution in [2.75, 3.05) is 0 Å². The van der Waals surface area contributed by atoms with Gasteiger partial charge in [0, 0.05) is 0 Å². The van der Waals surface area contributed by atoms with E-state index in [2.05, 4.69) is 47.6 Å². The molecule has 0 saturated carbocycles. The van der Waals surface area contributed by atoms with Crippen molar-refractivity contribution in [1.29, 1.82) is 0 Å². The SMILES string of the molecule is BrC1N=NNC1Br. The molecule has 0 radical (unpaired) electrons. The van der Waals surface area contributed by atoms with E-state index in [4.69, 9.17) is 0 Å². The minimum absolute atomic E-state index is 0.0903. The van der Waals surface area contributed by atoms with Gasteiger partial charge in [0.15, 0.2) is 4.95 Å². The zero-order valence-electron chi connectivity index (χ0n) is 3.31. The van der Waals surface area contributed by atoms with E-state index in [1.807, 2.05) is 0 Å². The first-order chi connectivity index (χ1) is 3.30. The van der Waals surface area contributed by atoms with Crippen LogP contribution in [0.5, 0.6) is 0 Å². The Morgan fingerprint density at radius 2 is 2.14 bits per heavy atom. The van der Waals surface area contributed by atoms with Gasteiger partial charge >= 0.3 is 0 Å². The fourth-order valence-corrected chi connectivity index (χ4v) is 0.671. The summed E-state index contributed by atoms with van der Waals surface area (Å²) in [5, 5.41) is 7.23. The van der Waals surface area contributed by atoms with Crippen molar-refractivity contribution in [3.63, 3.8) is 0 Å². The van der Waals surface area contributed by atoms with Gasteiger partial charge in [-0.15, -0.1) is 0 Å². The molecule has 0 spiro atoms. The lowest BCUT2D eigenvalue weighted by molar-refractivity contribution is 0.783. The lowest BCUT2D eigenvalue weighted by Crippen LogP contribution is -2.18. The standard InChI is InChI=1S/C2H3Br2N3/c3-1-2(4)6-7-5-1/h1-2H,(H,5,6). The van der Waals surface area contributed by atoms with Crippen LogP contribution >= 0.6 is 31.9 Å². The smallest absolute Gasteiger partial charge is 0.159 e. The molecule has 1 N–H and O–H groups in total. The van der Waals surface area contributed by atoms with Gasteiger partial charge in [0.1, 0.15) is 4.95 Å². The number of halogens is 2. The second kappa shape index (κ2) is 2.09. The van der Waals surface area contributed by atoms with Gasteiger partial charge in [-0.05, 0) is 0 Å². The van der Waals surface area contributed by atoms with Crippen LogP contribution in [0.15, 0.2) is 10.3 Å². The number of hydrogen-bond acceptors (Lipinski definition) is 3. The molecule has 0 bridgehead atoms. The molecule has 40 valence electrons. The third-order valence-electron chi connectivity index (χ3n) is 0.591. The molecular formula is C2H3Br2N3. The van der Waals surface area contributed by atoms with Crippen LogP contribution in [0.1, 0.15) is 0 Å². The molecule has 1 aliphatic rings. The van der Waals surface area contributed by atoms with E-state index in [1.165, 1.54) is 0 Å². The summed E-state index contributed by atoms with van der Waals surface area (Å²) in [5.41, 5.74) is 2.70. The van der Waals surface area contributed by atoms with Crippen LogP contribution in [0.2, 0.25) is 0 Å². The van der Waals surface area contributed by atoms with Crippen LogP contribution in [-0.4, -0.2) is 9.90 Å². The molecule has 3 nitrogen and oxygen atoms in total. The molecule has 0 fully saturated rings. The van der Waals surface area contributed by atoms with Gasteiger partial charge in [-0.1, -0.05) is 37.1 Å². The molecule has 2 atom stereocenters. The number of rotatable bonds is 0. The Bertz CT molecular complexity index is 92.9.